The van der Waals surface area contributed by atoms with E-state index in [0.29, 0.717) is 19.6 Å². The number of amides is 1. The molecule has 1 fully saturated rings. The third-order valence-corrected chi connectivity index (χ3v) is 4.77. The molecule has 1 aliphatic rings. The van der Waals surface area contributed by atoms with Gasteiger partial charge < -0.3 is 19.5 Å². The fourth-order valence-corrected chi connectivity index (χ4v) is 3.25. The fraction of sp³-hybridized carbons (Fsp3) is 0.667. The highest BCUT2D eigenvalue weighted by molar-refractivity contribution is 5.97. The van der Waals surface area contributed by atoms with Gasteiger partial charge in [0.2, 0.25) is 0 Å². The first-order valence-corrected chi connectivity index (χ1v) is 10.1. The number of benzene rings is 1. The van der Waals surface area contributed by atoms with E-state index in [0.717, 1.165) is 57.1 Å². The second-order valence-corrected chi connectivity index (χ2v) is 7.05. The van der Waals surface area contributed by atoms with E-state index in [1.807, 2.05) is 38.1 Å². The zero-order valence-corrected chi connectivity index (χ0v) is 17.0. The lowest BCUT2D eigenvalue weighted by atomic mass is 9.99. The maximum Gasteiger partial charge on any atom is 0.256 e. The Morgan fingerprint density at radius 2 is 1.93 bits per heavy atom. The molecule has 1 aliphatic heterocycles. The number of ether oxygens (including phenoxy) is 3. The Morgan fingerprint density at radius 3 is 2.56 bits per heavy atom. The summed E-state index contributed by atoms with van der Waals surface area (Å²) >= 11 is 0. The molecular weight excluding hydrogens is 344 g/mol. The molecule has 0 spiro atoms. The first-order chi connectivity index (χ1) is 13.1. The predicted molar refractivity (Wildman–Crippen MR) is 107 cm³/mol. The second-order valence-electron chi connectivity index (χ2n) is 7.05. The van der Waals surface area contributed by atoms with Crippen LogP contribution in [0.25, 0.3) is 0 Å². The molecule has 0 aliphatic carbocycles. The van der Waals surface area contributed by atoms with Gasteiger partial charge in [-0.1, -0.05) is 13.3 Å². The number of hydrogen-bond donors (Lipinski definition) is 1. The topological polar surface area (TPSA) is 60.0 Å². The van der Waals surface area contributed by atoms with Crippen molar-refractivity contribution < 1.29 is 19.0 Å². The van der Waals surface area contributed by atoms with Crippen LogP contribution in [-0.2, 0) is 14.3 Å². The van der Waals surface area contributed by atoms with Crippen molar-refractivity contribution in [3.05, 3.63) is 24.3 Å². The normalized spacial score (nSPS) is 17.3. The van der Waals surface area contributed by atoms with Gasteiger partial charge in [-0.3, -0.25) is 9.69 Å². The molecule has 0 bridgehead atoms. The Bertz CT molecular complexity index is 550. The van der Waals surface area contributed by atoms with Gasteiger partial charge in [0.05, 0.1) is 19.8 Å². The predicted octanol–water partition coefficient (Wildman–Crippen LogP) is 3.32. The molecule has 2 rings (SSSR count). The molecule has 6 heteroatoms. The fourth-order valence-electron chi connectivity index (χ4n) is 3.25. The molecule has 1 aromatic rings. The Hall–Kier alpha value is -1.63. The van der Waals surface area contributed by atoms with Gasteiger partial charge in [-0.05, 0) is 51.0 Å². The second kappa shape index (κ2) is 11.3. The average Bonchev–Trinajstić information content (AvgIpc) is 2.67. The molecule has 1 heterocycles. The van der Waals surface area contributed by atoms with Gasteiger partial charge in [-0.2, -0.15) is 0 Å². The lowest BCUT2D eigenvalue weighted by molar-refractivity contribution is -0.139. The molecule has 27 heavy (non-hydrogen) atoms. The van der Waals surface area contributed by atoms with Gasteiger partial charge in [-0.25, -0.2) is 0 Å². The number of hydrogen-bond acceptors (Lipinski definition) is 5. The molecule has 1 N–H and O–H groups in total. The molecule has 1 saturated heterocycles. The minimum absolute atomic E-state index is 0.106. The first kappa shape index (κ1) is 21.7. The maximum absolute atomic E-state index is 12.6. The number of morpholine rings is 1. The highest BCUT2D eigenvalue weighted by atomic mass is 16.5. The van der Waals surface area contributed by atoms with Crippen LogP contribution in [0.15, 0.2) is 24.3 Å². The summed E-state index contributed by atoms with van der Waals surface area (Å²) in [5.74, 6) is 0.710. The van der Waals surface area contributed by atoms with Gasteiger partial charge in [0.15, 0.2) is 0 Å². The summed E-state index contributed by atoms with van der Waals surface area (Å²) < 4.78 is 16.9. The Morgan fingerprint density at radius 1 is 1.22 bits per heavy atom. The molecule has 0 saturated carbocycles. The standard InChI is InChI=1S/C21H34N2O4/c1-4-11-21(3,27-5-2)20(24)22-18-7-9-19(10-8-18)26-15-6-12-23-13-16-25-17-14-23/h7-10H,4-6,11-17H2,1-3H3,(H,22,24). The van der Waals surface area contributed by atoms with E-state index in [1.165, 1.54) is 0 Å². The molecule has 0 radical (unpaired) electrons. The zero-order valence-electron chi connectivity index (χ0n) is 17.0. The molecule has 1 unspecified atom stereocenters. The van der Waals surface area contributed by atoms with E-state index in [9.17, 15) is 4.79 Å². The average molecular weight is 379 g/mol. The highest BCUT2D eigenvalue weighted by Crippen LogP contribution is 2.22. The number of nitrogens with one attached hydrogen (secondary N) is 1. The molecule has 152 valence electrons. The molecular formula is C21H34N2O4. The smallest absolute Gasteiger partial charge is 0.256 e. The third-order valence-electron chi connectivity index (χ3n) is 4.77. The summed E-state index contributed by atoms with van der Waals surface area (Å²) in [4.78, 5) is 15.0. The van der Waals surface area contributed by atoms with Crippen LogP contribution in [0.4, 0.5) is 5.69 Å². The van der Waals surface area contributed by atoms with Crippen molar-refractivity contribution in [2.24, 2.45) is 0 Å². The molecule has 0 aromatic heterocycles. The quantitative estimate of drug-likeness (QED) is 0.599. The summed E-state index contributed by atoms with van der Waals surface area (Å²) in [6.07, 6.45) is 2.57. The monoisotopic (exact) mass is 378 g/mol. The summed E-state index contributed by atoms with van der Waals surface area (Å²) in [5.41, 5.74) is -0.0410. The number of rotatable bonds is 11. The minimum Gasteiger partial charge on any atom is -0.494 e. The minimum atomic E-state index is -0.793. The number of carbonyl (C=O) groups is 1. The Labute approximate surface area is 163 Å². The number of nitrogens with zero attached hydrogens (tertiary/aromatic N) is 1. The van der Waals surface area contributed by atoms with E-state index >= 15 is 0 Å². The summed E-state index contributed by atoms with van der Waals surface area (Å²) in [6.45, 7) is 11.7. The van der Waals surface area contributed by atoms with E-state index in [-0.39, 0.29) is 5.91 Å². The SMILES string of the molecule is CCCC(C)(OCC)C(=O)Nc1ccc(OCCCN2CCOCC2)cc1. The maximum atomic E-state index is 12.6. The Balaban J connectivity index is 1.76. The van der Waals surface area contributed by atoms with Crippen LogP contribution in [0.1, 0.15) is 40.0 Å². The lowest BCUT2D eigenvalue weighted by Gasteiger charge is -2.27. The van der Waals surface area contributed by atoms with Crippen LogP contribution in [0.2, 0.25) is 0 Å². The van der Waals surface area contributed by atoms with Gasteiger partial charge in [-0.15, -0.1) is 0 Å². The molecule has 1 aromatic carbocycles. The third kappa shape index (κ3) is 7.13. The number of carbonyl (C=O) groups excluding carboxylic acids is 1. The largest absolute Gasteiger partial charge is 0.494 e. The summed E-state index contributed by atoms with van der Waals surface area (Å²) in [6, 6.07) is 7.52. The van der Waals surface area contributed by atoms with E-state index in [2.05, 4.69) is 17.1 Å². The van der Waals surface area contributed by atoms with Gasteiger partial charge in [0, 0.05) is 31.9 Å². The molecule has 6 nitrogen and oxygen atoms in total. The summed E-state index contributed by atoms with van der Waals surface area (Å²) in [7, 11) is 0. The zero-order chi connectivity index (χ0) is 19.5. The first-order valence-electron chi connectivity index (χ1n) is 10.1. The van der Waals surface area contributed by atoms with Crippen LogP contribution in [0, 0.1) is 0 Å². The highest BCUT2D eigenvalue weighted by Gasteiger charge is 2.32. The van der Waals surface area contributed by atoms with Crippen LogP contribution in [0.5, 0.6) is 5.75 Å². The molecule has 1 amide bonds. The Kier molecular flexibility index (Phi) is 9.04. The van der Waals surface area contributed by atoms with Crippen molar-refractivity contribution >= 4 is 11.6 Å². The van der Waals surface area contributed by atoms with Crippen LogP contribution < -0.4 is 10.1 Å². The summed E-state index contributed by atoms with van der Waals surface area (Å²) in [5, 5.41) is 2.95. The van der Waals surface area contributed by atoms with Crippen LogP contribution >= 0.6 is 0 Å². The van der Waals surface area contributed by atoms with Gasteiger partial charge >= 0.3 is 0 Å². The van der Waals surface area contributed by atoms with Crippen LogP contribution in [0.3, 0.4) is 0 Å². The van der Waals surface area contributed by atoms with Crippen molar-refractivity contribution in [2.75, 3.05) is 51.4 Å². The van der Waals surface area contributed by atoms with Gasteiger partial charge in [0.1, 0.15) is 11.4 Å². The van der Waals surface area contributed by atoms with Crippen molar-refractivity contribution in [1.82, 2.24) is 4.90 Å². The van der Waals surface area contributed by atoms with Gasteiger partial charge in [0.25, 0.3) is 5.91 Å². The van der Waals surface area contributed by atoms with E-state index in [4.69, 9.17) is 14.2 Å². The van der Waals surface area contributed by atoms with Crippen molar-refractivity contribution in [3.8, 4) is 5.75 Å². The number of anilines is 1. The van der Waals surface area contributed by atoms with E-state index in [1.54, 1.807) is 0 Å². The lowest BCUT2D eigenvalue weighted by Crippen LogP contribution is -2.42. The molecule has 1 atom stereocenters. The van der Waals surface area contributed by atoms with Crippen molar-refractivity contribution in [1.29, 1.82) is 0 Å². The van der Waals surface area contributed by atoms with Crippen molar-refractivity contribution in [3.63, 3.8) is 0 Å². The van der Waals surface area contributed by atoms with E-state index < -0.39 is 5.60 Å². The van der Waals surface area contributed by atoms with Crippen LogP contribution in [-0.4, -0.2) is 62.5 Å². The van der Waals surface area contributed by atoms with Crippen molar-refractivity contribution in [2.45, 2.75) is 45.6 Å².